The van der Waals surface area contributed by atoms with E-state index in [2.05, 4.69) is 13.8 Å². The summed E-state index contributed by atoms with van der Waals surface area (Å²) in [6.45, 7) is 6.49. The average Bonchev–Trinajstić information content (AvgIpc) is 2.80. The molecule has 0 spiro atoms. The summed E-state index contributed by atoms with van der Waals surface area (Å²) >= 11 is 6.20. The van der Waals surface area contributed by atoms with Crippen molar-refractivity contribution < 1.29 is 5.11 Å². The first-order valence-electron chi connectivity index (χ1n) is 7.39. The molecule has 1 aliphatic carbocycles. The first kappa shape index (κ1) is 14.9. The van der Waals surface area contributed by atoms with Crippen molar-refractivity contribution in [3.63, 3.8) is 0 Å². The van der Waals surface area contributed by atoms with Crippen LogP contribution in [0.15, 0.2) is 18.2 Å². The van der Waals surface area contributed by atoms with Crippen LogP contribution in [0, 0.1) is 18.3 Å². The van der Waals surface area contributed by atoms with Gasteiger partial charge < -0.3 is 5.11 Å². The van der Waals surface area contributed by atoms with Crippen molar-refractivity contribution in [3.05, 3.63) is 34.3 Å². The molecule has 1 atom stereocenters. The normalized spacial score (nSPS) is 19.9. The lowest BCUT2D eigenvalue weighted by Crippen LogP contribution is -2.27. The molecule has 0 amide bonds. The van der Waals surface area contributed by atoms with Gasteiger partial charge in [-0.05, 0) is 49.3 Å². The minimum Gasteiger partial charge on any atom is -0.388 e. The zero-order chi connectivity index (χ0) is 14.0. The number of hydrogen-bond donors (Lipinski definition) is 1. The molecule has 1 fully saturated rings. The number of rotatable bonds is 4. The van der Waals surface area contributed by atoms with Crippen LogP contribution < -0.4 is 0 Å². The maximum absolute atomic E-state index is 10.9. The SMILES string of the molecule is Cc1ccc(C(O)C2(CC(C)C)CCCC2)cc1Cl. The molecular formula is C17H25ClO. The molecule has 19 heavy (non-hydrogen) atoms. The van der Waals surface area contributed by atoms with Gasteiger partial charge in [-0.2, -0.15) is 0 Å². The predicted octanol–water partition coefficient (Wildman–Crippen LogP) is 5.29. The zero-order valence-corrected chi connectivity index (χ0v) is 13.0. The van der Waals surface area contributed by atoms with Crippen molar-refractivity contribution in [1.29, 1.82) is 0 Å². The summed E-state index contributed by atoms with van der Waals surface area (Å²) in [6.07, 6.45) is 5.47. The van der Waals surface area contributed by atoms with E-state index in [9.17, 15) is 5.11 Å². The molecule has 0 heterocycles. The summed E-state index contributed by atoms with van der Waals surface area (Å²) in [7, 11) is 0. The van der Waals surface area contributed by atoms with Crippen LogP contribution >= 0.6 is 11.6 Å². The molecule has 1 saturated carbocycles. The Balaban J connectivity index is 2.28. The number of aryl methyl sites for hydroxylation is 1. The Kier molecular flexibility index (Phi) is 4.58. The molecule has 1 aliphatic rings. The first-order valence-corrected chi connectivity index (χ1v) is 7.76. The lowest BCUT2D eigenvalue weighted by molar-refractivity contribution is 0.0112. The van der Waals surface area contributed by atoms with Gasteiger partial charge in [0.05, 0.1) is 6.10 Å². The van der Waals surface area contributed by atoms with Gasteiger partial charge >= 0.3 is 0 Å². The average molecular weight is 281 g/mol. The van der Waals surface area contributed by atoms with Gasteiger partial charge in [0.25, 0.3) is 0 Å². The fourth-order valence-corrected chi connectivity index (χ4v) is 3.80. The first-order chi connectivity index (χ1) is 8.94. The maximum Gasteiger partial charge on any atom is 0.0846 e. The van der Waals surface area contributed by atoms with Crippen molar-refractivity contribution in [2.24, 2.45) is 11.3 Å². The second-order valence-electron chi connectivity index (χ2n) is 6.58. The number of halogens is 1. The lowest BCUT2D eigenvalue weighted by atomic mass is 9.72. The van der Waals surface area contributed by atoms with Crippen molar-refractivity contribution in [2.45, 2.75) is 59.0 Å². The van der Waals surface area contributed by atoms with Gasteiger partial charge in [0, 0.05) is 10.4 Å². The van der Waals surface area contributed by atoms with E-state index in [1.54, 1.807) is 0 Å². The zero-order valence-electron chi connectivity index (χ0n) is 12.2. The quantitative estimate of drug-likeness (QED) is 0.795. The molecule has 0 saturated heterocycles. The van der Waals surface area contributed by atoms with E-state index in [4.69, 9.17) is 11.6 Å². The lowest BCUT2D eigenvalue weighted by Gasteiger charge is -2.36. The third-order valence-corrected chi connectivity index (χ3v) is 4.91. The molecule has 2 heteroatoms. The van der Waals surface area contributed by atoms with E-state index in [-0.39, 0.29) is 11.5 Å². The summed E-state index contributed by atoms with van der Waals surface area (Å²) in [4.78, 5) is 0. The second-order valence-corrected chi connectivity index (χ2v) is 6.99. The van der Waals surface area contributed by atoms with Crippen LogP contribution in [-0.4, -0.2) is 5.11 Å². The van der Waals surface area contributed by atoms with E-state index in [1.165, 1.54) is 12.8 Å². The van der Waals surface area contributed by atoms with Crippen molar-refractivity contribution >= 4 is 11.6 Å². The second kappa shape index (κ2) is 5.85. The van der Waals surface area contributed by atoms with Crippen LogP contribution in [0.2, 0.25) is 5.02 Å². The molecular weight excluding hydrogens is 256 g/mol. The topological polar surface area (TPSA) is 20.2 Å². The molecule has 0 aliphatic heterocycles. The summed E-state index contributed by atoms with van der Waals surface area (Å²) in [6, 6.07) is 5.99. The molecule has 0 aromatic heterocycles. The van der Waals surface area contributed by atoms with Gasteiger partial charge in [-0.1, -0.05) is 50.4 Å². The highest BCUT2D eigenvalue weighted by molar-refractivity contribution is 6.31. The highest BCUT2D eigenvalue weighted by Gasteiger charge is 2.41. The molecule has 1 aromatic rings. The maximum atomic E-state index is 10.9. The minimum atomic E-state index is -0.379. The van der Waals surface area contributed by atoms with E-state index in [0.29, 0.717) is 5.92 Å². The van der Waals surface area contributed by atoms with E-state index in [1.807, 2.05) is 25.1 Å². The fraction of sp³-hybridized carbons (Fsp3) is 0.647. The van der Waals surface area contributed by atoms with E-state index >= 15 is 0 Å². The number of hydrogen-bond acceptors (Lipinski definition) is 1. The molecule has 106 valence electrons. The molecule has 1 unspecified atom stereocenters. The fourth-order valence-electron chi connectivity index (χ4n) is 3.61. The molecule has 0 bridgehead atoms. The largest absolute Gasteiger partial charge is 0.388 e. The van der Waals surface area contributed by atoms with Gasteiger partial charge in [-0.15, -0.1) is 0 Å². The van der Waals surface area contributed by atoms with Gasteiger partial charge in [-0.25, -0.2) is 0 Å². The van der Waals surface area contributed by atoms with Gasteiger partial charge in [0.2, 0.25) is 0 Å². The van der Waals surface area contributed by atoms with Crippen molar-refractivity contribution in [3.8, 4) is 0 Å². The highest BCUT2D eigenvalue weighted by Crippen LogP contribution is 2.51. The van der Waals surface area contributed by atoms with Crippen molar-refractivity contribution in [1.82, 2.24) is 0 Å². The number of aliphatic hydroxyl groups is 1. The minimum absolute atomic E-state index is 0.0623. The smallest absolute Gasteiger partial charge is 0.0846 e. The Hall–Kier alpha value is -0.530. The highest BCUT2D eigenvalue weighted by atomic mass is 35.5. The van der Waals surface area contributed by atoms with Gasteiger partial charge in [-0.3, -0.25) is 0 Å². The van der Waals surface area contributed by atoms with Gasteiger partial charge in [0.15, 0.2) is 0 Å². The Morgan fingerprint density at radius 1 is 1.26 bits per heavy atom. The summed E-state index contributed by atoms with van der Waals surface area (Å²) < 4.78 is 0. The Labute approximate surface area is 122 Å². The van der Waals surface area contributed by atoms with Gasteiger partial charge in [0.1, 0.15) is 0 Å². The molecule has 0 radical (unpaired) electrons. The van der Waals surface area contributed by atoms with Crippen molar-refractivity contribution in [2.75, 3.05) is 0 Å². The van der Waals surface area contributed by atoms with Crippen LogP contribution in [0.4, 0.5) is 0 Å². The van der Waals surface area contributed by atoms with Crippen LogP contribution in [0.1, 0.15) is 63.2 Å². The van der Waals surface area contributed by atoms with Crippen LogP contribution in [0.25, 0.3) is 0 Å². The van der Waals surface area contributed by atoms with Crippen LogP contribution in [-0.2, 0) is 0 Å². The monoisotopic (exact) mass is 280 g/mol. The standard InChI is InChI=1S/C17H25ClO/c1-12(2)11-17(8-4-5-9-17)16(19)14-7-6-13(3)15(18)10-14/h6-7,10,12,16,19H,4-5,8-9,11H2,1-3H3. The Bertz CT molecular complexity index is 433. The van der Waals surface area contributed by atoms with Crippen LogP contribution in [0.5, 0.6) is 0 Å². The van der Waals surface area contributed by atoms with E-state index in [0.717, 1.165) is 35.4 Å². The van der Waals surface area contributed by atoms with Crippen LogP contribution in [0.3, 0.4) is 0 Å². The molecule has 1 N–H and O–H groups in total. The molecule has 1 nitrogen and oxygen atoms in total. The Morgan fingerprint density at radius 3 is 2.42 bits per heavy atom. The summed E-state index contributed by atoms with van der Waals surface area (Å²) in [5.41, 5.74) is 2.12. The third-order valence-electron chi connectivity index (χ3n) is 4.51. The number of aliphatic hydroxyl groups excluding tert-OH is 1. The predicted molar refractivity (Wildman–Crippen MR) is 81.5 cm³/mol. The summed E-state index contributed by atoms with van der Waals surface area (Å²) in [5, 5.41) is 11.6. The Morgan fingerprint density at radius 2 is 1.89 bits per heavy atom. The summed E-state index contributed by atoms with van der Waals surface area (Å²) in [5.74, 6) is 0.619. The van der Waals surface area contributed by atoms with E-state index < -0.39 is 0 Å². The third kappa shape index (κ3) is 3.14. The molecule has 1 aromatic carbocycles. The number of benzene rings is 1. The molecule has 2 rings (SSSR count).